The summed E-state index contributed by atoms with van der Waals surface area (Å²) in [4.78, 5) is 4.16. The van der Waals surface area contributed by atoms with Crippen molar-refractivity contribution in [2.75, 3.05) is 25.5 Å². The minimum Gasteiger partial charge on any atom is -0.481 e. The van der Waals surface area contributed by atoms with E-state index in [1.54, 1.807) is 7.11 Å². The van der Waals surface area contributed by atoms with Crippen LogP contribution >= 0.6 is 12.4 Å². The molecule has 0 unspecified atom stereocenters. The number of nitrogens with zero attached hydrogens (tertiary/aromatic N) is 1. The molecule has 1 aromatic heterocycles. The fourth-order valence-corrected chi connectivity index (χ4v) is 1.79. The first-order valence-electron chi connectivity index (χ1n) is 5.36. The van der Waals surface area contributed by atoms with Crippen LogP contribution in [0.3, 0.4) is 0 Å². The highest BCUT2D eigenvalue weighted by molar-refractivity contribution is 5.85. The highest BCUT2D eigenvalue weighted by Crippen LogP contribution is 2.14. The lowest BCUT2D eigenvalue weighted by molar-refractivity contribution is 0.398. The number of ether oxygens (including phenoxy) is 1. The smallest absolute Gasteiger partial charge is 0.213 e. The van der Waals surface area contributed by atoms with Crippen LogP contribution in [0.1, 0.15) is 12.8 Å². The number of halogens is 1. The highest BCUT2D eigenvalue weighted by atomic mass is 35.5. The molecular weight excluding hydrogens is 226 g/mol. The molecule has 0 amide bonds. The van der Waals surface area contributed by atoms with Crippen molar-refractivity contribution in [1.82, 2.24) is 10.3 Å². The summed E-state index contributed by atoms with van der Waals surface area (Å²) in [5, 5.41) is 6.82. The molecule has 0 radical (unpaired) electrons. The van der Waals surface area contributed by atoms with E-state index < -0.39 is 0 Å². The largest absolute Gasteiger partial charge is 0.481 e. The van der Waals surface area contributed by atoms with Crippen LogP contribution in [0.4, 0.5) is 5.69 Å². The molecule has 0 spiro atoms. The van der Waals surface area contributed by atoms with Crippen molar-refractivity contribution in [3.8, 4) is 5.88 Å². The number of methoxy groups -OCH3 is 1. The average molecular weight is 244 g/mol. The first-order valence-corrected chi connectivity index (χ1v) is 5.36. The van der Waals surface area contributed by atoms with Crippen LogP contribution in [0.25, 0.3) is 0 Å². The number of piperidine rings is 1. The van der Waals surface area contributed by atoms with Gasteiger partial charge >= 0.3 is 0 Å². The van der Waals surface area contributed by atoms with Gasteiger partial charge in [-0.3, -0.25) is 0 Å². The van der Waals surface area contributed by atoms with Gasteiger partial charge in [-0.05, 0) is 32.0 Å². The summed E-state index contributed by atoms with van der Waals surface area (Å²) in [5.41, 5.74) is 1.07. The van der Waals surface area contributed by atoms with Crippen molar-refractivity contribution in [2.45, 2.75) is 18.9 Å². The molecule has 2 N–H and O–H groups in total. The van der Waals surface area contributed by atoms with E-state index in [-0.39, 0.29) is 12.4 Å². The summed E-state index contributed by atoms with van der Waals surface area (Å²) in [5.74, 6) is 0.658. The molecule has 0 saturated carbocycles. The van der Waals surface area contributed by atoms with E-state index in [1.165, 1.54) is 12.8 Å². The molecule has 1 saturated heterocycles. The molecule has 2 heterocycles. The second kappa shape index (κ2) is 6.55. The number of rotatable bonds is 3. The zero-order valence-electron chi connectivity index (χ0n) is 9.40. The molecule has 16 heavy (non-hydrogen) atoms. The summed E-state index contributed by atoms with van der Waals surface area (Å²) >= 11 is 0. The summed E-state index contributed by atoms with van der Waals surface area (Å²) in [6, 6.07) is 4.46. The van der Waals surface area contributed by atoms with Crippen LogP contribution in [-0.2, 0) is 0 Å². The first kappa shape index (κ1) is 13.1. The SMILES string of the molecule is COc1ccc(NC2CCNCC2)cn1.Cl. The van der Waals surface area contributed by atoms with Crippen LogP contribution in [-0.4, -0.2) is 31.2 Å². The van der Waals surface area contributed by atoms with Gasteiger partial charge < -0.3 is 15.4 Å². The van der Waals surface area contributed by atoms with Gasteiger partial charge in [0, 0.05) is 12.1 Å². The summed E-state index contributed by atoms with van der Waals surface area (Å²) in [7, 11) is 1.63. The second-order valence-corrected chi connectivity index (χ2v) is 3.76. The molecule has 1 fully saturated rings. The molecule has 0 bridgehead atoms. The number of hydrogen-bond acceptors (Lipinski definition) is 4. The van der Waals surface area contributed by atoms with Gasteiger partial charge in [0.05, 0.1) is 19.0 Å². The zero-order chi connectivity index (χ0) is 10.5. The van der Waals surface area contributed by atoms with E-state index in [4.69, 9.17) is 4.74 Å². The summed E-state index contributed by atoms with van der Waals surface area (Å²) < 4.78 is 5.01. The Morgan fingerprint density at radius 3 is 2.69 bits per heavy atom. The van der Waals surface area contributed by atoms with Crippen molar-refractivity contribution in [2.24, 2.45) is 0 Å². The Kier molecular flexibility index (Phi) is 5.35. The maximum atomic E-state index is 5.01. The lowest BCUT2D eigenvalue weighted by Crippen LogP contribution is -2.35. The molecule has 90 valence electrons. The van der Waals surface area contributed by atoms with Crippen LogP contribution in [0.2, 0.25) is 0 Å². The Morgan fingerprint density at radius 2 is 2.12 bits per heavy atom. The van der Waals surface area contributed by atoms with Gasteiger partial charge in [-0.1, -0.05) is 0 Å². The third-order valence-electron chi connectivity index (χ3n) is 2.66. The summed E-state index contributed by atoms with van der Waals surface area (Å²) in [6.07, 6.45) is 4.17. The number of pyridine rings is 1. The van der Waals surface area contributed by atoms with Crippen molar-refractivity contribution in [3.63, 3.8) is 0 Å². The Labute approximate surface area is 102 Å². The van der Waals surface area contributed by atoms with Crippen molar-refractivity contribution in [1.29, 1.82) is 0 Å². The van der Waals surface area contributed by atoms with Gasteiger partial charge in [0.15, 0.2) is 0 Å². The van der Waals surface area contributed by atoms with Gasteiger partial charge in [0.2, 0.25) is 5.88 Å². The number of anilines is 1. The quantitative estimate of drug-likeness (QED) is 0.848. The van der Waals surface area contributed by atoms with E-state index in [2.05, 4.69) is 15.6 Å². The summed E-state index contributed by atoms with van der Waals surface area (Å²) in [6.45, 7) is 2.20. The monoisotopic (exact) mass is 243 g/mol. The molecular formula is C11H18ClN3O. The standard InChI is InChI=1S/C11H17N3O.ClH/c1-15-11-3-2-10(8-13-11)14-9-4-6-12-7-5-9;/h2-3,8-9,12,14H,4-7H2,1H3;1H. The van der Waals surface area contributed by atoms with Gasteiger partial charge in [-0.15, -0.1) is 12.4 Å². The fraction of sp³-hybridized carbons (Fsp3) is 0.545. The second-order valence-electron chi connectivity index (χ2n) is 3.76. The molecule has 4 nitrogen and oxygen atoms in total. The third kappa shape index (κ3) is 3.54. The molecule has 2 rings (SSSR count). The number of nitrogens with one attached hydrogen (secondary N) is 2. The maximum Gasteiger partial charge on any atom is 0.213 e. The number of aromatic nitrogens is 1. The zero-order valence-corrected chi connectivity index (χ0v) is 10.2. The molecule has 1 aliphatic heterocycles. The van der Waals surface area contributed by atoms with Gasteiger partial charge in [0.1, 0.15) is 0 Å². The van der Waals surface area contributed by atoms with Crippen LogP contribution in [0.15, 0.2) is 18.3 Å². The highest BCUT2D eigenvalue weighted by Gasteiger charge is 2.12. The molecule has 1 aliphatic rings. The molecule has 0 aliphatic carbocycles. The van der Waals surface area contributed by atoms with Crippen LogP contribution < -0.4 is 15.4 Å². The Balaban J connectivity index is 0.00000128. The normalized spacial score (nSPS) is 16.3. The molecule has 5 heteroatoms. The fourth-order valence-electron chi connectivity index (χ4n) is 1.79. The predicted molar refractivity (Wildman–Crippen MR) is 67.6 cm³/mol. The topological polar surface area (TPSA) is 46.2 Å². The molecule has 0 atom stereocenters. The lowest BCUT2D eigenvalue weighted by Gasteiger charge is -2.24. The minimum absolute atomic E-state index is 0. The average Bonchev–Trinajstić information content (AvgIpc) is 2.31. The van der Waals surface area contributed by atoms with E-state index in [1.807, 2.05) is 18.3 Å². The minimum atomic E-state index is 0. The van der Waals surface area contributed by atoms with Gasteiger partial charge in [0.25, 0.3) is 0 Å². The van der Waals surface area contributed by atoms with Crippen molar-refractivity contribution >= 4 is 18.1 Å². The van der Waals surface area contributed by atoms with Crippen LogP contribution in [0.5, 0.6) is 5.88 Å². The molecule has 0 aromatic carbocycles. The van der Waals surface area contributed by atoms with Crippen LogP contribution in [0, 0.1) is 0 Å². The third-order valence-corrected chi connectivity index (χ3v) is 2.66. The predicted octanol–water partition coefficient (Wildman–Crippen LogP) is 1.68. The molecule has 1 aromatic rings. The Bertz CT molecular complexity index is 299. The van der Waals surface area contributed by atoms with E-state index in [0.29, 0.717) is 11.9 Å². The van der Waals surface area contributed by atoms with Crippen molar-refractivity contribution < 1.29 is 4.74 Å². The van der Waals surface area contributed by atoms with E-state index in [0.717, 1.165) is 18.8 Å². The number of hydrogen-bond donors (Lipinski definition) is 2. The van der Waals surface area contributed by atoms with E-state index >= 15 is 0 Å². The van der Waals surface area contributed by atoms with Gasteiger partial charge in [-0.25, -0.2) is 4.98 Å². The Hall–Kier alpha value is -1.00. The lowest BCUT2D eigenvalue weighted by atomic mass is 10.1. The van der Waals surface area contributed by atoms with Crippen molar-refractivity contribution in [3.05, 3.63) is 18.3 Å². The van der Waals surface area contributed by atoms with Gasteiger partial charge in [-0.2, -0.15) is 0 Å². The first-order chi connectivity index (χ1) is 7.38. The Morgan fingerprint density at radius 1 is 1.38 bits per heavy atom. The maximum absolute atomic E-state index is 5.01. The van der Waals surface area contributed by atoms with E-state index in [9.17, 15) is 0 Å².